The maximum absolute atomic E-state index is 3.98. The summed E-state index contributed by atoms with van der Waals surface area (Å²) in [6.45, 7) is 8.16. The van der Waals surface area contributed by atoms with Crippen molar-refractivity contribution in [2.45, 2.75) is 19.9 Å². The number of aryl methyl sites for hydroxylation is 1. The SMILES string of the molecule is C=C(C)C(NC)c1ccccc1C. The van der Waals surface area contributed by atoms with Gasteiger partial charge in [0.15, 0.2) is 0 Å². The first-order valence-corrected chi connectivity index (χ1v) is 4.55. The molecule has 0 aliphatic carbocycles. The molecule has 1 N–H and O–H groups in total. The van der Waals surface area contributed by atoms with Crippen LogP contribution in [0.4, 0.5) is 0 Å². The van der Waals surface area contributed by atoms with Crippen molar-refractivity contribution >= 4 is 0 Å². The van der Waals surface area contributed by atoms with Gasteiger partial charge >= 0.3 is 0 Å². The highest BCUT2D eigenvalue weighted by Gasteiger charge is 2.10. The highest BCUT2D eigenvalue weighted by atomic mass is 14.9. The van der Waals surface area contributed by atoms with Gasteiger partial charge in [-0.3, -0.25) is 0 Å². The lowest BCUT2D eigenvalue weighted by molar-refractivity contribution is 0.676. The molecule has 0 spiro atoms. The molecule has 1 unspecified atom stereocenters. The zero-order valence-corrected chi connectivity index (χ0v) is 8.59. The van der Waals surface area contributed by atoms with Crippen LogP contribution in [0.3, 0.4) is 0 Å². The predicted molar refractivity (Wildman–Crippen MR) is 57.8 cm³/mol. The summed E-state index contributed by atoms with van der Waals surface area (Å²) in [7, 11) is 1.96. The summed E-state index contributed by atoms with van der Waals surface area (Å²) in [5.41, 5.74) is 3.78. The molecular weight excluding hydrogens is 158 g/mol. The van der Waals surface area contributed by atoms with Crippen LogP contribution < -0.4 is 5.32 Å². The lowest BCUT2D eigenvalue weighted by Crippen LogP contribution is -2.17. The minimum atomic E-state index is 0.279. The number of hydrogen-bond donors (Lipinski definition) is 1. The molecule has 1 rings (SSSR count). The molecule has 0 aliphatic heterocycles. The molecule has 0 aromatic heterocycles. The third-order valence-electron chi connectivity index (χ3n) is 2.28. The Morgan fingerprint density at radius 3 is 2.46 bits per heavy atom. The van der Waals surface area contributed by atoms with Crippen molar-refractivity contribution in [1.29, 1.82) is 0 Å². The topological polar surface area (TPSA) is 12.0 Å². The molecule has 0 saturated heterocycles. The fourth-order valence-corrected chi connectivity index (χ4v) is 1.58. The molecule has 1 aromatic carbocycles. The standard InChI is InChI=1S/C12H17N/c1-9(2)12(13-4)11-8-6-5-7-10(11)3/h5-8,12-13H,1H2,2-4H3. The van der Waals surface area contributed by atoms with Gasteiger partial charge in [0.05, 0.1) is 6.04 Å². The number of benzene rings is 1. The van der Waals surface area contributed by atoms with Crippen molar-refractivity contribution in [3.8, 4) is 0 Å². The second kappa shape index (κ2) is 4.24. The van der Waals surface area contributed by atoms with E-state index in [0.29, 0.717) is 0 Å². The van der Waals surface area contributed by atoms with Gasteiger partial charge in [0.1, 0.15) is 0 Å². The Morgan fingerprint density at radius 2 is 2.00 bits per heavy atom. The summed E-state index contributed by atoms with van der Waals surface area (Å²) in [6.07, 6.45) is 0. The summed E-state index contributed by atoms with van der Waals surface area (Å²) in [5, 5.41) is 3.26. The van der Waals surface area contributed by atoms with Crippen LogP contribution in [0.25, 0.3) is 0 Å². The smallest absolute Gasteiger partial charge is 0.0530 e. The molecule has 0 heterocycles. The molecule has 1 atom stereocenters. The Kier molecular flexibility index (Phi) is 3.26. The van der Waals surface area contributed by atoms with Crippen LogP contribution >= 0.6 is 0 Å². The molecule has 0 amide bonds. The average molecular weight is 175 g/mol. The molecule has 1 heteroatoms. The van der Waals surface area contributed by atoms with Crippen LogP contribution in [0, 0.1) is 6.92 Å². The van der Waals surface area contributed by atoms with E-state index in [9.17, 15) is 0 Å². The van der Waals surface area contributed by atoms with Gasteiger partial charge in [-0.05, 0) is 32.0 Å². The van der Waals surface area contributed by atoms with Crippen LogP contribution in [0.5, 0.6) is 0 Å². The fraction of sp³-hybridized carbons (Fsp3) is 0.333. The van der Waals surface area contributed by atoms with Crippen molar-refractivity contribution in [2.24, 2.45) is 0 Å². The Hall–Kier alpha value is -1.08. The zero-order valence-electron chi connectivity index (χ0n) is 8.59. The number of likely N-dealkylation sites (N-methyl/N-ethyl adjacent to an activating group) is 1. The van der Waals surface area contributed by atoms with E-state index >= 15 is 0 Å². The molecular formula is C12H17N. The Morgan fingerprint density at radius 1 is 1.38 bits per heavy atom. The second-order valence-corrected chi connectivity index (χ2v) is 3.42. The monoisotopic (exact) mass is 175 g/mol. The molecule has 1 nitrogen and oxygen atoms in total. The molecule has 1 aromatic rings. The number of rotatable bonds is 3. The maximum Gasteiger partial charge on any atom is 0.0530 e. The van der Waals surface area contributed by atoms with E-state index in [1.807, 2.05) is 14.0 Å². The molecule has 0 saturated carbocycles. The van der Waals surface area contributed by atoms with E-state index in [4.69, 9.17) is 0 Å². The Balaban J connectivity index is 3.04. The highest BCUT2D eigenvalue weighted by molar-refractivity contribution is 5.33. The fourth-order valence-electron chi connectivity index (χ4n) is 1.58. The van der Waals surface area contributed by atoms with Crippen molar-refractivity contribution < 1.29 is 0 Å². The zero-order chi connectivity index (χ0) is 9.84. The van der Waals surface area contributed by atoms with Crippen LogP contribution in [-0.4, -0.2) is 7.05 Å². The van der Waals surface area contributed by atoms with Gasteiger partial charge < -0.3 is 5.32 Å². The second-order valence-electron chi connectivity index (χ2n) is 3.42. The van der Waals surface area contributed by atoms with Gasteiger partial charge in [0.25, 0.3) is 0 Å². The van der Waals surface area contributed by atoms with Gasteiger partial charge in [-0.15, -0.1) is 0 Å². The molecule has 13 heavy (non-hydrogen) atoms. The molecule has 0 radical (unpaired) electrons. The lowest BCUT2D eigenvalue weighted by atomic mass is 9.97. The van der Waals surface area contributed by atoms with Gasteiger partial charge in [0, 0.05) is 0 Å². The van der Waals surface area contributed by atoms with Crippen molar-refractivity contribution in [2.75, 3.05) is 7.05 Å². The lowest BCUT2D eigenvalue weighted by Gasteiger charge is -2.18. The quantitative estimate of drug-likeness (QED) is 0.696. The molecule has 0 aliphatic rings. The molecule has 70 valence electrons. The van der Waals surface area contributed by atoms with Crippen molar-refractivity contribution in [1.82, 2.24) is 5.32 Å². The van der Waals surface area contributed by atoms with Gasteiger partial charge in [0.2, 0.25) is 0 Å². The summed E-state index contributed by atoms with van der Waals surface area (Å²) < 4.78 is 0. The van der Waals surface area contributed by atoms with E-state index in [1.165, 1.54) is 11.1 Å². The Bertz CT molecular complexity index is 302. The first kappa shape index (κ1) is 10.0. The Labute approximate surface area is 80.5 Å². The van der Waals surface area contributed by atoms with E-state index in [1.54, 1.807) is 0 Å². The minimum Gasteiger partial charge on any atom is -0.310 e. The van der Waals surface area contributed by atoms with Crippen LogP contribution in [0.1, 0.15) is 24.1 Å². The minimum absolute atomic E-state index is 0.279. The number of hydrogen-bond acceptors (Lipinski definition) is 1. The first-order valence-electron chi connectivity index (χ1n) is 4.55. The average Bonchev–Trinajstić information content (AvgIpc) is 2.09. The van der Waals surface area contributed by atoms with Crippen LogP contribution in [0.15, 0.2) is 36.4 Å². The predicted octanol–water partition coefficient (Wildman–Crippen LogP) is 2.83. The van der Waals surface area contributed by atoms with Crippen molar-refractivity contribution in [3.05, 3.63) is 47.5 Å². The number of nitrogens with one attached hydrogen (secondary N) is 1. The van der Waals surface area contributed by atoms with E-state index in [2.05, 4.69) is 43.1 Å². The molecule has 0 bridgehead atoms. The summed E-state index contributed by atoms with van der Waals surface area (Å²) in [5.74, 6) is 0. The largest absolute Gasteiger partial charge is 0.310 e. The van der Waals surface area contributed by atoms with Gasteiger partial charge in [-0.25, -0.2) is 0 Å². The van der Waals surface area contributed by atoms with E-state index in [-0.39, 0.29) is 6.04 Å². The highest BCUT2D eigenvalue weighted by Crippen LogP contribution is 2.22. The van der Waals surface area contributed by atoms with Gasteiger partial charge in [-0.2, -0.15) is 0 Å². The molecule has 0 fully saturated rings. The van der Waals surface area contributed by atoms with Crippen LogP contribution in [-0.2, 0) is 0 Å². The summed E-state index contributed by atoms with van der Waals surface area (Å²) in [4.78, 5) is 0. The maximum atomic E-state index is 3.98. The van der Waals surface area contributed by atoms with Crippen molar-refractivity contribution in [3.63, 3.8) is 0 Å². The normalized spacial score (nSPS) is 12.5. The summed E-state index contributed by atoms with van der Waals surface area (Å²) >= 11 is 0. The third-order valence-corrected chi connectivity index (χ3v) is 2.28. The summed E-state index contributed by atoms with van der Waals surface area (Å²) in [6, 6.07) is 8.68. The van der Waals surface area contributed by atoms with E-state index < -0.39 is 0 Å². The van der Waals surface area contributed by atoms with E-state index in [0.717, 1.165) is 5.57 Å². The third kappa shape index (κ3) is 2.19. The first-order chi connectivity index (χ1) is 6.16. The van der Waals surface area contributed by atoms with Gasteiger partial charge in [-0.1, -0.05) is 36.4 Å². The van der Waals surface area contributed by atoms with Crippen LogP contribution in [0.2, 0.25) is 0 Å².